The molecule has 1 aromatic heterocycles. The summed E-state index contributed by atoms with van der Waals surface area (Å²) < 4.78 is 5.11. The fraction of sp³-hybridized carbons (Fsp3) is 0.615. The van der Waals surface area contributed by atoms with E-state index in [1.807, 2.05) is 13.8 Å². The van der Waals surface area contributed by atoms with E-state index >= 15 is 0 Å². The van der Waals surface area contributed by atoms with Crippen LogP contribution in [0.25, 0.3) is 0 Å². The molecule has 0 aliphatic heterocycles. The molecule has 1 atom stereocenters. The van der Waals surface area contributed by atoms with E-state index in [0.717, 1.165) is 0 Å². The molecule has 0 fully saturated rings. The molecule has 0 aromatic carbocycles. The van der Waals surface area contributed by atoms with E-state index in [0.29, 0.717) is 25.3 Å². The van der Waals surface area contributed by atoms with E-state index in [1.54, 1.807) is 25.3 Å². The molecule has 3 N–H and O–H groups in total. The second-order valence-corrected chi connectivity index (χ2v) is 5.33. The maximum atomic E-state index is 11.5. The fourth-order valence-electron chi connectivity index (χ4n) is 1.83. The Morgan fingerprint density at radius 3 is 2.78 bits per heavy atom. The summed E-state index contributed by atoms with van der Waals surface area (Å²) in [5.41, 5.74) is -0.129. The predicted molar refractivity (Wildman–Crippen MR) is 69.0 cm³/mol. The summed E-state index contributed by atoms with van der Waals surface area (Å²) in [6, 6.07) is 3.35. The maximum Gasteiger partial charge on any atom is 0.315 e. The molecule has 5 heteroatoms. The molecule has 1 heterocycles. The van der Waals surface area contributed by atoms with Gasteiger partial charge < -0.3 is 20.2 Å². The van der Waals surface area contributed by atoms with Gasteiger partial charge in [0.05, 0.1) is 18.9 Å². The summed E-state index contributed by atoms with van der Waals surface area (Å²) in [6.07, 6.45) is 1.85. The molecule has 1 unspecified atom stereocenters. The third kappa shape index (κ3) is 5.72. The summed E-state index contributed by atoms with van der Waals surface area (Å²) in [7, 11) is 0. The topological polar surface area (TPSA) is 74.5 Å². The van der Waals surface area contributed by atoms with Gasteiger partial charge in [0.25, 0.3) is 0 Å². The van der Waals surface area contributed by atoms with Crippen LogP contribution < -0.4 is 10.6 Å². The highest BCUT2D eigenvalue weighted by Crippen LogP contribution is 2.20. The van der Waals surface area contributed by atoms with Gasteiger partial charge in [0.15, 0.2) is 0 Å². The Morgan fingerprint density at radius 2 is 2.22 bits per heavy atom. The standard InChI is InChI=1S/C13H22N2O3/c1-10(16)7-13(2,3)9-15-12(17)14-8-11-5-4-6-18-11/h4-6,10,16H,7-9H2,1-3H3,(H2,14,15,17). The minimum atomic E-state index is -0.368. The molecule has 0 saturated carbocycles. The van der Waals surface area contributed by atoms with Crippen molar-refractivity contribution in [1.82, 2.24) is 10.6 Å². The van der Waals surface area contributed by atoms with Crippen LogP contribution in [0.4, 0.5) is 4.79 Å². The highest BCUT2D eigenvalue weighted by Gasteiger charge is 2.20. The summed E-state index contributed by atoms with van der Waals surface area (Å²) in [6.45, 7) is 6.65. The quantitative estimate of drug-likeness (QED) is 0.725. The van der Waals surface area contributed by atoms with Gasteiger partial charge in [0.1, 0.15) is 5.76 Å². The van der Waals surface area contributed by atoms with Crippen LogP contribution in [0, 0.1) is 5.41 Å². The van der Waals surface area contributed by atoms with E-state index in [-0.39, 0.29) is 17.6 Å². The maximum absolute atomic E-state index is 11.5. The predicted octanol–water partition coefficient (Wildman–Crippen LogP) is 1.88. The van der Waals surface area contributed by atoms with Crippen LogP contribution >= 0.6 is 0 Å². The number of rotatable bonds is 6. The SMILES string of the molecule is CC(O)CC(C)(C)CNC(=O)NCc1ccco1. The number of amides is 2. The summed E-state index contributed by atoms with van der Waals surface area (Å²) in [5.74, 6) is 0.716. The zero-order valence-electron chi connectivity index (χ0n) is 11.2. The Labute approximate surface area is 108 Å². The summed E-state index contributed by atoms with van der Waals surface area (Å²) in [5, 5.41) is 14.8. The molecule has 0 bridgehead atoms. The second-order valence-electron chi connectivity index (χ2n) is 5.33. The van der Waals surface area contributed by atoms with Crippen LogP contribution in [0.15, 0.2) is 22.8 Å². The lowest BCUT2D eigenvalue weighted by atomic mass is 9.87. The van der Waals surface area contributed by atoms with Crippen LogP contribution in [0.2, 0.25) is 0 Å². The van der Waals surface area contributed by atoms with Gasteiger partial charge in [0, 0.05) is 6.54 Å². The molecule has 5 nitrogen and oxygen atoms in total. The molecular formula is C13H22N2O3. The van der Waals surface area contributed by atoms with Gasteiger partial charge in [-0.3, -0.25) is 0 Å². The van der Waals surface area contributed by atoms with Gasteiger partial charge in [-0.2, -0.15) is 0 Å². The number of hydrogen-bond donors (Lipinski definition) is 3. The molecule has 0 radical (unpaired) electrons. The molecule has 0 aliphatic carbocycles. The molecule has 1 rings (SSSR count). The Morgan fingerprint density at radius 1 is 1.50 bits per heavy atom. The van der Waals surface area contributed by atoms with E-state index in [2.05, 4.69) is 10.6 Å². The summed E-state index contributed by atoms with van der Waals surface area (Å²) in [4.78, 5) is 11.5. The average Bonchev–Trinajstić information content (AvgIpc) is 2.74. The lowest BCUT2D eigenvalue weighted by Crippen LogP contribution is -2.41. The van der Waals surface area contributed by atoms with Crippen LogP contribution in [0.3, 0.4) is 0 Å². The Kier molecular flexibility index (Phi) is 5.22. The number of nitrogens with one attached hydrogen (secondary N) is 2. The number of carbonyl (C=O) groups is 1. The van der Waals surface area contributed by atoms with Crippen molar-refractivity contribution in [2.75, 3.05) is 6.54 Å². The van der Waals surface area contributed by atoms with Crippen molar-refractivity contribution in [3.8, 4) is 0 Å². The van der Waals surface area contributed by atoms with Crippen LogP contribution in [0.1, 0.15) is 33.0 Å². The lowest BCUT2D eigenvalue weighted by Gasteiger charge is -2.26. The molecule has 1 aromatic rings. The largest absolute Gasteiger partial charge is 0.467 e. The monoisotopic (exact) mass is 254 g/mol. The molecule has 0 saturated heterocycles. The minimum absolute atomic E-state index is 0.129. The van der Waals surface area contributed by atoms with Crippen LogP contribution in [-0.4, -0.2) is 23.8 Å². The lowest BCUT2D eigenvalue weighted by molar-refractivity contribution is 0.129. The second kappa shape index (κ2) is 6.44. The van der Waals surface area contributed by atoms with Gasteiger partial charge in [0.2, 0.25) is 0 Å². The number of carbonyl (C=O) groups excluding carboxylic acids is 1. The first-order chi connectivity index (χ1) is 8.39. The van der Waals surface area contributed by atoms with E-state index in [4.69, 9.17) is 4.42 Å². The first kappa shape index (κ1) is 14.6. The average molecular weight is 254 g/mol. The Balaban J connectivity index is 2.24. The van der Waals surface area contributed by atoms with E-state index in [9.17, 15) is 9.90 Å². The Bertz CT molecular complexity index is 358. The molecule has 2 amide bonds. The van der Waals surface area contributed by atoms with Gasteiger partial charge >= 0.3 is 6.03 Å². The molecule has 0 aliphatic rings. The van der Waals surface area contributed by atoms with Crippen molar-refractivity contribution in [3.05, 3.63) is 24.2 Å². The summed E-state index contributed by atoms with van der Waals surface area (Å²) >= 11 is 0. The van der Waals surface area contributed by atoms with Gasteiger partial charge in [-0.25, -0.2) is 4.79 Å². The molecule has 102 valence electrons. The highest BCUT2D eigenvalue weighted by molar-refractivity contribution is 5.73. The van der Waals surface area contributed by atoms with Crippen molar-refractivity contribution >= 4 is 6.03 Å². The van der Waals surface area contributed by atoms with Crippen molar-refractivity contribution in [3.63, 3.8) is 0 Å². The van der Waals surface area contributed by atoms with Gasteiger partial charge in [-0.1, -0.05) is 13.8 Å². The number of urea groups is 1. The fourth-order valence-corrected chi connectivity index (χ4v) is 1.83. The highest BCUT2D eigenvalue weighted by atomic mass is 16.3. The number of furan rings is 1. The Hall–Kier alpha value is -1.49. The third-order valence-corrected chi connectivity index (χ3v) is 2.58. The zero-order valence-corrected chi connectivity index (χ0v) is 11.2. The van der Waals surface area contributed by atoms with Gasteiger partial charge in [-0.05, 0) is 30.9 Å². The van der Waals surface area contributed by atoms with Crippen LogP contribution in [-0.2, 0) is 6.54 Å². The molecular weight excluding hydrogens is 232 g/mol. The molecule has 18 heavy (non-hydrogen) atoms. The number of hydrogen-bond acceptors (Lipinski definition) is 3. The van der Waals surface area contributed by atoms with Gasteiger partial charge in [-0.15, -0.1) is 0 Å². The normalized spacial score (nSPS) is 13.1. The van der Waals surface area contributed by atoms with Crippen molar-refractivity contribution < 1.29 is 14.3 Å². The van der Waals surface area contributed by atoms with Crippen molar-refractivity contribution in [1.29, 1.82) is 0 Å². The first-order valence-electron chi connectivity index (χ1n) is 6.11. The number of aliphatic hydroxyl groups is 1. The van der Waals surface area contributed by atoms with E-state index in [1.165, 1.54) is 0 Å². The van der Waals surface area contributed by atoms with Crippen LogP contribution in [0.5, 0.6) is 0 Å². The zero-order chi connectivity index (χ0) is 13.6. The molecule has 0 spiro atoms. The van der Waals surface area contributed by atoms with E-state index < -0.39 is 0 Å². The smallest absolute Gasteiger partial charge is 0.315 e. The minimum Gasteiger partial charge on any atom is -0.467 e. The number of aliphatic hydroxyl groups excluding tert-OH is 1. The third-order valence-electron chi connectivity index (χ3n) is 2.58. The van der Waals surface area contributed by atoms with Crippen molar-refractivity contribution in [2.24, 2.45) is 5.41 Å². The van der Waals surface area contributed by atoms with Crippen molar-refractivity contribution in [2.45, 2.75) is 39.8 Å². The first-order valence-corrected chi connectivity index (χ1v) is 6.11.